The maximum absolute atomic E-state index is 11.2. The van der Waals surface area contributed by atoms with E-state index in [-0.39, 0.29) is 5.91 Å². The number of hydroxylamine groups is 2. The molecule has 1 aliphatic rings. The van der Waals surface area contributed by atoms with Crippen LogP contribution in [0.15, 0.2) is 0 Å². The summed E-state index contributed by atoms with van der Waals surface area (Å²) in [4.78, 5) is 16.4. The third-order valence-corrected chi connectivity index (χ3v) is 2.80. The zero-order chi connectivity index (χ0) is 9.84. The third kappa shape index (κ3) is 3.17. The summed E-state index contributed by atoms with van der Waals surface area (Å²) in [5.74, 6) is 0.806. The van der Waals surface area contributed by atoms with Gasteiger partial charge in [0.2, 0.25) is 0 Å². The van der Waals surface area contributed by atoms with Crippen molar-refractivity contribution >= 4 is 17.7 Å². The van der Waals surface area contributed by atoms with Crippen molar-refractivity contribution in [2.75, 3.05) is 18.9 Å². The fourth-order valence-electron chi connectivity index (χ4n) is 1.04. The SMILES string of the molecule is CC(C)SCCN1OCC(N)C1=O. The van der Waals surface area contributed by atoms with Gasteiger partial charge in [0, 0.05) is 5.75 Å². The van der Waals surface area contributed by atoms with Gasteiger partial charge in [-0.15, -0.1) is 0 Å². The van der Waals surface area contributed by atoms with E-state index in [0.29, 0.717) is 18.4 Å². The van der Waals surface area contributed by atoms with Gasteiger partial charge >= 0.3 is 0 Å². The van der Waals surface area contributed by atoms with Gasteiger partial charge in [0.15, 0.2) is 0 Å². The molecule has 76 valence electrons. The quantitative estimate of drug-likeness (QED) is 0.712. The Hall–Kier alpha value is -0.260. The van der Waals surface area contributed by atoms with Crippen LogP contribution in [0.25, 0.3) is 0 Å². The molecule has 0 aromatic heterocycles. The molecule has 1 unspecified atom stereocenters. The Morgan fingerprint density at radius 3 is 2.92 bits per heavy atom. The van der Waals surface area contributed by atoms with Gasteiger partial charge in [0.05, 0.1) is 13.2 Å². The molecule has 1 rings (SSSR count). The number of rotatable bonds is 4. The van der Waals surface area contributed by atoms with Crippen LogP contribution < -0.4 is 5.73 Å². The Kier molecular flexibility index (Phi) is 4.02. The minimum absolute atomic E-state index is 0.0932. The van der Waals surface area contributed by atoms with E-state index < -0.39 is 6.04 Å². The highest BCUT2D eigenvalue weighted by atomic mass is 32.2. The molecule has 0 aromatic carbocycles. The number of carbonyl (C=O) groups excluding carboxylic acids is 1. The molecule has 0 aliphatic carbocycles. The normalized spacial score (nSPS) is 23.2. The number of carbonyl (C=O) groups is 1. The van der Waals surface area contributed by atoms with E-state index in [1.807, 2.05) is 0 Å². The van der Waals surface area contributed by atoms with Crippen LogP contribution in [0.5, 0.6) is 0 Å². The van der Waals surface area contributed by atoms with Crippen LogP contribution in [0.2, 0.25) is 0 Å². The van der Waals surface area contributed by atoms with E-state index in [1.165, 1.54) is 5.06 Å². The van der Waals surface area contributed by atoms with Gasteiger partial charge in [-0.3, -0.25) is 9.63 Å². The Labute approximate surface area is 82.7 Å². The first-order valence-electron chi connectivity index (χ1n) is 4.42. The lowest BCUT2D eigenvalue weighted by Gasteiger charge is -2.14. The molecule has 0 aromatic rings. The van der Waals surface area contributed by atoms with E-state index in [4.69, 9.17) is 10.6 Å². The highest BCUT2D eigenvalue weighted by Gasteiger charge is 2.29. The summed E-state index contributed by atoms with van der Waals surface area (Å²) in [6, 6.07) is -0.455. The first kappa shape index (κ1) is 10.8. The van der Waals surface area contributed by atoms with E-state index in [0.717, 1.165) is 5.75 Å². The smallest absolute Gasteiger partial charge is 0.265 e. The van der Waals surface area contributed by atoms with Crippen molar-refractivity contribution in [3.8, 4) is 0 Å². The Morgan fingerprint density at radius 2 is 2.46 bits per heavy atom. The lowest BCUT2D eigenvalue weighted by atomic mass is 10.3. The van der Waals surface area contributed by atoms with Gasteiger partial charge in [-0.1, -0.05) is 13.8 Å². The second-order valence-corrected chi connectivity index (χ2v) is 4.95. The lowest BCUT2D eigenvalue weighted by molar-refractivity contribution is -0.160. The topological polar surface area (TPSA) is 55.6 Å². The van der Waals surface area contributed by atoms with Gasteiger partial charge in [-0.05, 0) is 5.25 Å². The van der Waals surface area contributed by atoms with Gasteiger partial charge in [-0.25, -0.2) is 5.06 Å². The average molecular weight is 204 g/mol. The summed E-state index contributed by atoms with van der Waals surface area (Å²) < 4.78 is 0. The van der Waals surface area contributed by atoms with Crippen molar-refractivity contribution in [2.45, 2.75) is 25.1 Å². The maximum atomic E-state index is 11.2. The molecule has 5 heteroatoms. The Morgan fingerprint density at radius 1 is 1.77 bits per heavy atom. The second-order valence-electron chi connectivity index (χ2n) is 3.26. The molecule has 13 heavy (non-hydrogen) atoms. The van der Waals surface area contributed by atoms with E-state index in [9.17, 15) is 4.79 Å². The molecule has 0 radical (unpaired) electrons. The van der Waals surface area contributed by atoms with Crippen LogP contribution in [-0.2, 0) is 9.63 Å². The largest absolute Gasteiger partial charge is 0.318 e. The minimum atomic E-state index is -0.455. The summed E-state index contributed by atoms with van der Waals surface area (Å²) in [5.41, 5.74) is 5.48. The van der Waals surface area contributed by atoms with Crippen molar-refractivity contribution < 1.29 is 9.63 Å². The molecule has 0 bridgehead atoms. The summed E-state index contributed by atoms with van der Waals surface area (Å²) in [7, 11) is 0. The van der Waals surface area contributed by atoms with Crippen molar-refractivity contribution in [3.05, 3.63) is 0 Å². The highest BCUT2D eigenvalue weighted by Crippen LogP contribution is 2.11. The standard InChI is InChI=1S/C8H16N2O2S/c1-6(2)13-4-3-10-8(11)7(9)5-12-10/h6-7H,3-5,9H2,1-2H3. The summed E-state index contributed by atoms with van der Waals surface area (Å²) in [6.07, 6.45) is 0. The van der Waals surface area contributed by atoms with Crippen LogP contribution >= 0.6 is 11.8 Å². The monoisotopic (exact) mass is 204 g/mol. The first-order valence-corrected chi connectivity index (χ1v) is 5.47. The van der Waals surface area contributed by atoms with Gasteiger partial charge in [0.25, 0.3) is 5.91 Å². The molecule has 1 saturated heterocycles. The summed E-state index contributed by atoms with van der Waals surface area (Å²) >= 11 is 1.81. The molecule has 1 atom stereocenters. The van der Waals surface area contributed by atoms with E-state index in [1.54, 1.807) is 11.8 Å². The van der Waals surface area contributed by atoms with Gasteiger partial charge in [-0.2, -0.15) is 11.8 Å². The molecule has 1 amide bonds. The van der Waals surface area contributed by atoms with Crippen LogP contribution in [0, 0.1) is 0 Å². The van der Waals surface area contributed by atoms with Crippen molar-refractivity contribution in [1.29, 1.82) is 0 Å². The number of hydrogen-bond donors (Lipinski definition) is 1. The van der Waals surface area contributed by atoms with Crippen LogP contribution in [-0.4, -0.2) is 41.2 Å². The maximum Gasteiger partial charge on any atom is 0.265 e. The van der Waals surface area contributed by atoms with E-state index in [2.05, 4.69) is 13.8 Å². The molecule has 1 aliphatic heterocycles. The molecule has 0 saturated carbocycles. The number of hydrogen-bond acceptors (Lipinski definition) is 4. The number of nitrogens with two attached hydrogens (primary N) is 1. The zero-order valence-corrected chi connectivity index (χ0v) is 8.84. The van der Waals surface area contributed by atoms with Crippen molar-refractivity contribution in [1.82, 2.24) is 5.06 Å². The first-order chi connectivity index (χ1) is 6.11. The predicted octanol–water partition coefficient (Wildman–Crippen LogP) is 0.229. The van der Waals surface area contributed by atoms with Crippen molar-refractivity contribution in [3.63, 3.8) is 0 Å². The van der Waals surface area contributed by atoms with Crippen LogP contribution in [0.4, 0.5) is 0 Å². The van der Waals surface area contributed by atoms with Crippen LogP contribution in [0.3, 0.4) is 0 Å². The molecule has 4 nitrogen and oxygen atoms in total. The van der Waals surface area contributed by atoms with E-state index >= 15 is 0 Å². The zero-order valence-electron chi connectivity index (χ0n) is 8.03. The minimum Gasteiger partial charge on any atom is -0.318 e. The number of nitrogens with zero attached hydrogens (tertiary/aromatic N) is 1. The molecule has 0 spiro atoms. The second kappa shape index (κ2) is 4.83. The molecular formula is C8H16N2O2S. The van der Waals surface area contributed by atoms with Gasteiger partial charge in [0.1, 0.15) is 6.04 Å². The Balaban J connectivity index is 2.19. The molecular weight excluding hydrogens is 188 g/mol. The molecule has 1 fully saturated rings. The molecule has 1 heterocycles. The fourth-order valence-corrected chi connectivity index (χ4v) is 1.78. The highest BCUT2D eigenvalue weighted by molar-refractivity contribution is 7.99. The third-order valence-electron chi connectivity index (χ3n) is 1.72. The summed E-state index contributed by atoms with van der Waals surface area (Å²) in [5, 5.41) is 1.96. The average Bonchev–Trinajstić information content (AvgIpc) is 2.35. The predicted molar refractivity (Wildman–Crippen MR) is 53.2 cm³/mol. The molecule has 2 N–H and O–H groups in total. The lowest BCUT2D eigenvalue weighted by Crippen LogP contribution is -2.35. The van der Waals surface area contributed by atoms with Crippen LogP contribution in [0.1, 0.15) is 13.8 Å². The fraction of sp³-hybridized carbons (Fsp3) is 0.875. The van der Waals surface area contributed by atoms with Gasteiger partial charge < -0.3 is 5.73 Å². The summed E-state index contributed by atoms with van der Waals surface area (Å²) in [6.45, 7) is 5.21. The Bertz CT molecular complexity index is 187. The number of thioether (sulfide) groups is 1. The van der Waals surface area contributed by atoms with Crippen molar-refractivity contribution in [2.24, 2.45) is 5.73 Å². The number of amides is 1.